The smallest absolute Gasteiger partial charge is 0.0323 e. The zero-order valence-electron chi connectivity index (χ0n) is 11.8. The van der Waals surface area contributed by atoms with Crippen molar-refractivity contribution >= 4 is 0 Å². The van der Waals surface area contributed by atoms with Crippen LogP contribution >= 0.6 is 0 Å². The van der Waals surface area contributed by atoms with E-state index in [4.69, 9.17) is 0 Å². The van der Waals surface area contributed by atoms with Crippen molar-refractivity contribution in [3.8, 4) is 0 Å². The minimum atomic E-state index is 0.588. The molecular weight excluding hydrogens is 230 g/mol. The monoisotopic (exact) mass is 255 g/mol. The van der Waals surface area contributed by atoms with Gasteiger partial charge in [-0.1, -0.05) is 42.8 Å². The van der Waals surface area contributed by atoms with Gasteiger partial charge in [0.25, 0.3) is 0 Å². The van der Waals surface area contributed by atoms with Crippen LogP contribution in [0.5, 0.6) is 0 Å². The highest BCUT2D eigenvalue weighted by Gasteiger charge is 2.19. The van der Waals surface area contributed by atoms with Crippen molar-refractivity contribution in [1.82, 2.24) is 5.32 Å². The van der Waals surface area contributed by atoms with Crippen molar-refractivity contribution in [2.45, 2.75) is 51.0 Å². The maximum atomic E-state index is 3.85. The number of hydrogen-bond donors (Lipinski definition) is 1. The van der Waals surface area contributed by atoms with E-state index in [0.717, 1.165) is 5.92 Å². The lowest BCUT2D eigenvalue weighted by Crippen LogP contribution is -2.28. The summed E-state index contributed by atoms with van der Waals surface area (Å²) in [6.45, 7) is 1.18. The predicted octanol–water partition coefficient (Wildman–Crippen LogP) is 4.40. The number of allylic oxidation sites excluding steroid dienone is 2. The largest absolute Gasteiger partial charge is 0.310 e. The van der Waals surface area contributed by atoms with E-state index < -0.39 is 0 Å². The van der Waals surface area contributed by atoms with Gasteiger partial charge in [-0.15, -0.1) is 0 Å². The van der Waals surface area contributed by atoms with Crippen LogP contribution < -0.4 is 5.32 Å². The number of rotatable bonds is 3. The molecule has 0 spiro atoms. The van der Waals surface area contributed by atoms with Gasteiger partial charge in [0, 0.05) is 6.04 Å². The number of nitrogens with one attached hydrogen (secondary N) is 1. The van der Waals surface area contributed by atoms with Gasteiger partial charge in [0.2, 0.25) is 0 Å². The van der Waals surface area contributed by atoms with Crippen LogP contribution in [0.4, 0.5) is 0 Å². The Morgan fingerprint density at radius 1 is 1.05 bits per heavy atom. The lowest BCUT2D eigenvalue weighted by molar-refractivity contribution is 0.393. The van der Waals surface area contributed by atoms with E-state index in [1.165, 1.54) is 51.5 Å². The number of hydrogen-bond acceptors (Lipinski definition) is 1. The highest BCUT2D eigenvalue weighted by molar-refractivity contribution is 5.31. The Bertz CT molecular complexity index is 435. The molecule has 102 valence electrons. The fourth-order valence-corrected chi connectivity index (χ4v) is 3.48. The summed E-state index contributed by atoms with van der Waals surface area (Å²) < 4.78 is 0. The molecule has 3 rings (SSSR count). The molecule has 0 bridgehead atoms. The zero-order chi connectivity index (χ0) is 12.9. The summed E-state index contributed by atoms with van der Waals surface area (Å²) in [5.74, 6) is 0.848. The number of benzene rings is 1. The maximum Gasteiger partial charge on any atom is 0.0323 e. The van der Waals surface area contributed by atoms with Gasteiger partial charge in [-0.2, -0.15) is 0 Å². The van der Waals surface area contributed by atoms with Crippen LogP contribution in [-0.2, 0) is 6.42 Å². The molecule has 2 aliphatic carbocycles. The van der Waals surface area contributed by atoms with E-state index in [9.17, 15) is 0 Å². The van der Waals surface area contributed by atoms with E-state index in [2.05, 4.69) is 41.7 Å². The van der Waals surface area contributed by atoms with Crippen LogP contribution in [0.3, 0.4) is 0 Å². The third-order valence-corrected chi connectivity index (χ3v) is 4.65. The van der Waals surface area contributed by atoms with E-state index in [-0.39, 0.29) is 0 Å². The molecule has 1 heteroatoms. The van der Waals surface area contributed by atoms with Crippen LogP contribution in [0.2, 0.25) is 0 Å². The highest BCUT2D eigenvalue weighted by Crippen LogP contribution is 2.29. The summed E-state index contributed by atoms with van der Waals surface area (Å²) in [7, 11) is 0. The molecule has 0 saturated heterocycles. The molecule has 0 aliphatic heterocycles. The van der Waals surface area contributed by atoms with E-state index in [1.807, 2.05) is 0 Å². The van der Waals surface area contributed by atoms with Gasteiger partial charge in [-0.3, -0.25) is 0 Å². The number of aryl methyl sites for hydroxylation is 1. The molecule has 2 unspecified atom stereocenters. The lowest BCUT2D eigenvalue weighted by atomic mass is 9.93. The van der Waals surface area contributed by atoms with E-state index >= 15 is 0 Å². The second-order valence-electron chi connectivity index (χ2n) is 6.06. The van der Waals surface area contributed by atoms with Crippen LogP contribution in [-0.4, -0.2) is 6.54 Å². The Labute approximate surface area is 117 Å². The van der Waals surface area contributed by atoms with Crippen molar-refractivity contribution in [2.24, 2.45) is 5.92 Å². The first-order valence-corrected chi connectivity index (χ1v) is 7.89. The average Bonchev–Trinajstić information content (AvgIpc) is 2.68. The Hall–Kier alpha value is -1.08. The van der Waals surface area contributed by atoms with E-state index in [0.29, 0.717) is 6.04 Å². The lowest BCUT2D eigenvalue weighted by Gasteiger charge is -2.24. The Morgan fingerprint density at radius 2 is 2.00 bits per heavy atom. The molecule has 0 aromatic heterocycles. The molecule has 0 saturated carbocycles. The van der Waals surface area contributed by atoms with Crippen molar-refractivity contribution in [3.05, 3.63) is 47.5 Å². The molecule has 0 heterocycles. The summed E-state index contributed by atoms with van der Waals surface area (Å²) >= 11 is 0. The summed E-state index contributed by atoms with van der Waals surface area (Å²) in [4.78, 5) is 0. The fraction of sp³-hybridized carbons (Fsp3) is 0.556. The van der Waals surface area contributed by atoms with E-state index in [1.54, 1.807) is 11.1 Å². The molecule has 2 atom stereocenters. The zero-order valence-corrected chi connectivity index (χ0v) is 11.8. The van der Waals surface area contributed by atoms with Crippen LogP contribution in [0.15, 0.2) is 36.4 Å². The second kappa shape index (κ2) is 6.38. The average molecular weight is 255 g/mol. The van der Waals surface area contributed by atoms with Crippen LogP contribution in [0, 0.1) is 5.92 Å². The quantitative estimate of drug-likeness (QED) is 0.623. The molecule has 1 N–H and O–H groups in total. The maximum absolute atomic E-state index is 3.85. The summed E-state index contributed by atoms with van der Waals surface area (Å²) in [6, 6.07) is 9.62. The molecule has 0 fully saturated rings. The summed E-state index contributed by atoms with van der Waals surface area (Å²) in [6.07, 6.45) is 13.9. The Balaban J connectivity index is 1.65. The molecular formula is C18H25N. The first-order valence-electron chi connectivity index (χ1n) is 7.89. The van der Waals surface area contributed by atoms with Gasteiger partial charge in [0.15, 0.2) is 0 Å². The minimum absolute atomic E-state index is 0.588. The molecule has 1 aromatic rings. The van der Waals surface area contributed by atoms with Crippen molar-refractivity contribution in [1.29, 1.82) is 0 Å². The molecule has 1 nitrogen and oxygen atoms in total. The fourth-order valence-electron chi connectivity index (χ4n) is 3.48. The summed E-state index contributed by atoms with van der Waals surface area (Å²) in [5.41, 5.74) is 3.13. The predicted molar refractivity (Wildman–Crippen MR) is 81.2 cm³/mol. The molecule has 19 heavy (non-hydrogen) atoms. The van der Waals surface area contributed by atoms with Gasteiger partial charge in [0.05, 0.1) is 0 Å². The third kappa shape index (κ3) is 3.27. The Kier molecular flexibility index (Phi) is 4.34. The second-order valence-corrected chi connectivity index (χ2v) is 6.06. The first kappa shape index (κ1) is 12.9. The van der Waals surface area contributed by atoms with Crippen molar-refractivity contribution in [3.63, 3.8) is 0 Å². The summed E-state index contributed by atoms with van der Waals surface area (Å²) in [5, 5.41) is 3.85. The van der Waals surface area contributed by atoms with Gasteiger partial charge in [0.1, 0.15) is 0 Å². The van der Waals surface area contributed by atoms with Gasteiger partial charge in [-0.25, -0.2) is 0 Å². The van der Waals surface area contributed by atoms with Crippen LogP contribution in [0.25, 0.3) is 0 Å². The van der Waals surface area contributed by atoms with Gasteiger partial charge < -0.3 is 5.32 Å². The molecule has 2 aliphatic rings. The van der Waals surface area contributed by atoms with Crippen molar-refractivity contribution < 1.29 is 0 Å². The van der Waals surface area contributed by atoms with Gasteiger partial charge >= 0.3 is 0 Å². The SMILES string of the molecule is C1=CCC(CNC2CCCCc3ccccc32)CC1. The minimum Gasteiger partial charge on any atom is -0.310 e. The first-order chi connectivity index (χ1) is 9.43. The Morgan fingerprint density at radius 3 is 2.89 bits per heavy atom. The standard InChI is InChI=1S/C18H25N/c1-2-8-15(9-3-1)14-19-18-13-7-5-11-16-10-4-6-12-17(16)18/h1-2,4,6,10,12,15,18-19H,3,5,7-9,11,13-14H2. The third-order valence-electron chi connectivity index (χ3n) is 4.65. The molecule has 1 aromatic carbocycles. The van der Waals surface area contributed by atoms with Gasteiger partial charge in [-0.05, 0) is 62.1 Å². The highest BCUT2D eigenvalue weighted by atomic mass is 14.9. The van der Waals surface area contributed by atoms with Crippen LogP contribution in [0.1, 0.15) is 55.7 Å². The normalized spacial score (nSPS) is 26.7. The molecule has 0 radical (unpaired) electrons. The number of fused-ring (bicyclic) bond motifs is 1. The van der Waals surface area contributed by atoms with Crippen molar-refractivity contribution in [2.75, 3.05) is 6.54 Å². The topological polar surface area (TPSA) is 12.0 Å². The molecule has 0 amide bonds.